The minimum absolute atomic E-state index is 0.201. The number of hydrogen-bond donors (Lipinski definition) is 0. The lowest BCUT2D eigenvalue weighted by Crippen LogP contribution is -2.26. The Morgan fingerprint density at radius 2 is 0.931 bits per heavy atom. The largest absolute Gasteiger partial charge is 0.309 e. The lowest BCUT2D eigenvalue weighted by Gasteiger charge is -2.35. The molecule has 0 bridgehead atoms. The Balaban J connectivity index is 1.09. The highest BCUT2D eigenvalue weighted by Gasteiger charge is 2.35. The number of nitrogens with zero attached hydrogens (tertiary/aromatic N) is 4. The predicted molar refractivity (Wildman–Crippen MR) is 239 cm³/mol. The molecule has 0 amide bonds. The van der Waals surface area contributed by atoms with Crippen LogP contribution in [0.1, 0.15) is 25.0 Å². The molecular weight excluding hydrogens is 705 g/mol. The van der Waals surface area contributed by atoms with E-state index in [0.717, 1.165) is 38.9 Å². The summed E-state index contributed by atoms with van der Waals surface area (Å²) >= 11 is 0. The van der Waals surface area contributed by atoms with Crippen LogP contribution in [0, 0.1) is 0 Å². The molecule has 10 aromatic rings. The Morgan fingerprint density at radius 3 is 1.72 bits per heavy atom. The topological polar surface area (TPSA) is 43.6 Å². The number of hydrogen-bond acceptors (Lipinski definition) is 3. The summed E-state index contributed by atoms with van der Waals surface area (Å²) in [6.45, 7) is 4.71. The normalized spacial score (nSPS) is 12.8. The number of aromatic nitrogens is 4. The van der Waals surface area contributed by atoms with E-state index in [9.17, 15) is 0 Å². The van der Waals surface area contributed by atoms with Gasteiger partial charge in [0.2, 0.25) is 0 Å². The van der Waals surface area contributed by atoms with Gasteiger partial charge in [-0.25, -0.2) is 15.0 Å². The van der Waals surface area contributed by atoms with E-state index >= 15 is 0 Å². The van der Waals surface area contributed by atoms with Gasteiger partial charge in [0.15, 0.2) is 17.5 Å². The fourth-order valence-corrected chi connectivity index (χ4v) is 8.92. The maximum atomic E-state index is 5.25. The van der Waals surface area contributed by atoms with Gasteiger partial charge in [0.1, 0.15) is 0 Å². The van der Waals surface area contributed by atoms with Crippen molar-refractivity contribution in [1.82, 2.24) is 19.5 Å². The molecular formula is C54H38N4. The molecule has 11 rings (SSSR count). The van der Waals surface area contributed by atoms with Gasteiger partial charge in [0, 0.05) is 32.9 Å². The van der Waals surface area contributed by atoms with Crippen LogP contribution in [0.15, 0.2) is 194 Å². The Labute approximate surface area is 337 Å². The third kappa shape index (κ3) is 5.48. The van der Waals surface area contributed by atoms with Crippen LogP contribution in [0.5, 0.6) is 0 Å². The molecule has 0 radical (unpaired) electrons. The first-order valence-corrected chi connectivity index (χ1v) is 19.9. The maximum absolute atomic E-state index is 5.25. The van der Waals surface area contributed by atoms with Gasteiger partial charge in [0.25, 0.3) is 0 Å². The lowest BCUT2D eigenvalue weighted by atomic mass is 9.74. The van der Waals surface area contributed by atoms with E-state index in [1.165, 1.54) is 49.7 Å². The third-order valence-corrected chi connectivity index (χ3v) is 11.9. The van der Waals surface area contributed by atoms with E-state index in [0.29, 0.717) is 17.5 Å². The molecule has 0 spiro atoms. The van der Waals surface area contributed by atoms with Crippen molar-refractivity contribution in [1.29, 1.82) is 0 Å². The van der Waals surface area contributed by atoms with Crippen LogP contribution < -0.4 is 0 Å². The second-order valence-corrected chi connectivity index (χ2v) is 15.7. The highest BCUT2D eigenvalue weighted by Crippen LogP contribution is 2.49. The highest BCUT2D eigenvalue weighted by atomic mass is 15.0. The molecule has 0 fully saturated rings. The van der Waals surface area contributed by atoms with Crippen molar-refractivity contribution < 1.29 is 0 Å². The van der Waals surface area contributed by atoms with Crippen molar-refractivity contribution >= 4 is 21.8 Å². The van der Waals surface area contributed by atoms with E-state index in [1.807, 2.05) is 12.1 Å². The minimum Gasteiger partial charge on any atom is -0.309 e. The van der Waals surface area contributed by atoms with Gasteiger partial charge in [0.05, 0.1) is 16.7 Å². The van der Waals surface area contributed by atoms with Crippen molar-refractivity contribution in [3.05, 3.63) is 205 Å². The van der Waals surface area contributed by atoms with Crippen molar-refractivity contribution in [3.8, 4) is 73.2 Å². The molecule has 0 atom stereocenters. The standard InChI is InChI=1S/C54H38N4/c1-54(2)46-25-12-14-27-49(46)58-48-26-13-11-23-43(48)45-33-41(34-47(54)50(45)58)39-20-15-21-40(32-39)52-55-51(38-30-28-36(29-31-38)35-16-5-3-6-17-35)56-53(57-52)44-24-10-9-22-42(44)37-18-7-4-8-19-37/h3-34H,1-2H3. The van der Waals surface area contributed by atoms with E-state index in [1.54, 1.807) is 0 Å². The van der Waals surface area contributed by atoms with Crippen molar-refractivity contribution in [3.63, 3.8) is 0 Å². The Bertz CT molecular complexity index is 3180. The van der Waals surface area contributed by atoms with Gasteiger partial charge in [-0.15, -0.1) is 0 Å². The van der Waals surface area contributed by atoms with Crippen LogP contribution in [0.2, 0.25) is 0 Å². The zero-order valence-corrected chi connectivity index (χ0v) is 32.3. The Morgan fingerprint density at radius 1 is 0.362 bits per heavy atom. The maximum Gasteiger partial charge on any atom is 0.164 e. The molecule has 0 N–H and O–H groups in total. The van der Waals surface area contributed by atoms with Crippen molar-refractivity contribution in [2.75, 3.05) is 0 Å². The molecule has 0 saturated carbocycles. The van der Waals surface area contributed by atoms with Crippen LogP contribution in [-0.2, 0) is 5.41 Å². The molecule has 1 aliphatic rings. The monoisotopic (exact) mass is 742 g/mol. The van der Waals surface area contributed by atoms with E-state index in [4.69, 9.17) is 15.0 Å². The quantitative estimate of drug-likeness (QED) is 0.170. The first-order chi connectivity index (χ1) is 28.5. The second kappa shape index (κ2) is 13.4. The lowest BCUT2D eigenvalue weighted by molar-refractivity contribution is 0.630. The van der Waals surface area contributed by atoms with Crippen LogP contribution in [0.25, 0.3) is 95.0 Å². The number of fused-ring (bicyclic) bond motifs is 5. The summed E-state index contributed by atoms with van der Waals surface area (Å²) in [6, 6.07) is 68.9. The molecule has 0 unspecified atom stereocenters. The van der Waals surface area contributed by atoms with E-state index in [-0.39, 0.29) is 5.41 Å². The summed E-state index contributed by atoms with van der Waals surface area (Å²) in [7, 11) is 0. The van der Waals surface area contributed by atoms with Gasteiger partial charge >= 0.3 is 0 Å². The van der Waals surface area contributed by atoms with Crippen LogP contribution in [0.4, 0.5) is 0 Å². The van der Waals surface area contributed by atoms with E-state index in [2.05, 4.69) is 200 Å². The molecule has 2 aromatic heterocycles. The fourth-order valence-electron chi connectivity index (χ4n) is 8.92. The number of para-hydroxylation sites is 2. The third-order valence-electron chi connectivity index (χ3n) is 11.9. The van der Waals surface area contributed by atoms with Gasteiger partial charge < -0.3 is 4.57 Å². The number of benzene rings is 8. The van der Waals surface area contributed by atoms with Crippen LogP contribution >= 0.6 is 0 Å². The van der Waals surface area contributed by atoms with Gasteiger partial charge in [-0.3, -0.25) is 0 Å². The molecule has 0 aliphatic carbocycles. The zero-order valence-electron chi connectivity index (χ0n) is 32.3. The summed E-state index contributed by atoms with van der Waals surface area (Å²) in [4.78, 5) is 15.6. The summed E-state index contributed by atoms with van der Waals surface area (Å²) < 4.78 is 2.47. The molecule has 1 aliphatic heterocycles. The number of rotatable bonds is 6. The van der Waals surface area contributed by atoms with Crippen LogP contribution in [-0.4, -0.2) is 19.5 Å². The highest BCUT2D eigenvalue weighted by molar-refractivity contribution is 6.13. The average molecular weight is 743 g/mol. The molecule has 4 heteroatoms. The summed E-state index contributed by atoms with van der Waals surface area (Å²) in [5, 5.41) is 2.52. The van der Waals surface area contributed by atoms with E-state index < -0.39 is 0 Å². The Kier molecular flexibility index (Phi) is 7.80. The molecule has 0 saturated heterocycles. The van der Waals surface area contributed by atoms with Gasteiger partial charge in [-0.2, -0.15) is 0 Å². The van der Waals surface area contributed by atoms with Gasteiger partial charge in [-0.05, 0) is 74.8 Å². The predicted octanol–water partition coefficient (Wildman–Crippen LogP) is 13.6. The zero-order chi connectivity index (χ0) is 38.8. The second-order valence-electron chi connectivity index (χ2n) is 15.7. The summed E-state index contributed by atoms with van der Waals surface area (Å²) in [5.41, 5.74) is 15.8. The fraction of sp³-hybridized carbons (Fsp3) is 0.0556. The summed E-state index contributed by atoms with van der Waals surface area (Å²) in [5.74, 6) is 1.90. The van der Waals surface area contributed by atoms with Gasteiger partial charge in [-0.1, -0.05) is 178 Å². The molecule has 58 heavy (non-hydrogen) atoms. The Hall–Kier alpha value is -7.43. The molecule has 8 aromatic carbocycles. The molecule has 274 valence electrons. The smallest absolute Gasteiger partial charge is 0.164 e. The summed E-state index contributed by atoms with van der Waals surface area (Å²) in [6.07, 6.45) is 0. The van der Waals surface area contributed by atoms with Crippen LogP contribution in [0.3, 0.4) is 0 Å². The van der Waals surface area contributed by atoms with Crippen molar-refractivity contribution in [2.45, 2.75) is 19.3 Å². The average Bonchev–Trinajstić information content (AvgIpc) is 3.63. The molecule has 4 nitrogen and oxygen atoms in total. The first kappa shape index (κ1) is 33.9. The minimum atomic E-state index is -0.201. The first-order valence-electron chi connectivity index (χ1n) is 19.9. The van der Waals surface area contributed by atoms with Crippen molar-refractivity contribution in [2.24, 2.45) is 0 Å². The SMILES string of the molecule is CC1(C)c2ccccc2-n2c3ccccc3c3cc(-c4cccc(-c5nc(-c6ccc(-c7ccccc7)cc6)nc(-c6ccccc6-c6ccccc6)n5)c4)cc1c32. The molecule has 3 heterocycles.